The minimum Gasteiger partial charge on any atom is -0.493 e. The first-order valence-electron chi connectivity index (χ1n) is 6.58. The van der Waals surface area contributed by atoms with Gasteiger partial charge in [0, 0.05) is 0 Å². The second kappa shape index (κ2) is 7.14. The van der Waals surface area contributed by atoms with Crippen molar-refractivity contribution in [3.05, 3.63) is 53.6 Å². The van der Waals surface area contributed by atoms with Gasteiger partial charge in [0.1, 0.15) is 5.75 Å². The van der Waals surface area contributed by atoms with Crippen LogP contribution in [0.2, 0.25) is 0 Å². The van der Waals surface area contributed by atoms with Crippen molar-refractivity contribution in [2.75, 3.05) is 14.2 Å². The van der Waals surface area contributed by atoms with Gasteiger partial charge in [0.15, 0.2) is 11.5 Å². The van der Waals surface area contributed by atoms with Crippen LogP contribution in [0.5, 0.6) is 17.2 Å². The van der Waals surface area contributed by atoms with Crippen LogP contribution in [0, 0.1) is 11.3 Å². The summed E-state index contributed by atoms with van der Waals surface area (Å²) in [7, 11) is 3.09. The summed E-state index contributed by atoms with van der Waals surface area (Å²) in [4.78, 5) is 11.9. The second-order valence-corrected chi connectivity index (χ2v) is 4.48. The molecule has 22 heavy (non-hydrogen) atoms. The van der Waals surface area contributed by atoms with E-state index in [4.69, 9.17) is 19.5 Å². The number of nitriles is 1. The Morgan fingerprint density at radius 2 is 1.73 bits per heavy atom. The normalized spacial score (nSPS) is 9.68. The highest BCUT2D eigenvalue weighted by Gasteiger charge is 2.10. The third-order valence-electron chi connectivity index (χ3n) is 3.01. The molecule has 0 aliphatic rings. The molecule has 2 rings (SSSR count). The van der Waals surface area contributed by atoms with E-state index in [2.05, 4.69) is 0 Å². The van der Waals surface area contributed by atoms with E-state index < -0.39 is 5.97 Å². The van der Waals surface area contributed by atoms with Gasteiger partial charge in [-0.05, 0) is 42.0 Å². The van der Waals surface area contributed by atoms with Crippen LogP contribution < -0.4 is 14.2 Å². The quantitative estimate of drug-likeness (QED) is 0.627. The van der Waals surface area contributed by atoms with E-state index >= 15 is 0 Å². The summed E-state index contributed by atoms with van der Waals surface area (Å²) in [6.45, 7) is 0. The first-order chi connectivity index (χ1) is 10.7. The van der Waals surface area contributed by atoms with Gasteiger partial charge in [0.25, 0.3) is 0 Å². The topological polar surface area (TPSA) is 68.5 Å². The molecule has 0 unspecified atom stereocenters. The van der Waals surface area contributed by atoms with Crippen LogP contribution in [0.15, 0.2) is 42.5 Å². The number of carbonyl (C=O) groups is 1. The number of benzene rings is 2. The minimum atomic E-state index is -0.392. The van der Waals surface area contributed by atoms with Gasteiger partial charge in [-0.3, -0.25) is 4.79 Å². The number of hydrogen-bond acceptors (Lipinski definition) is 5. The lowest BCUT2D eigenvalue weighted by Gasteiger charge is -2.09. The summed E-state index contributed by atoms with van der Waals surface area (Å²) >= 11 is 0. The molecule has 112 valence electrons. The zero-order valence-electron chi connectivity index (χ0n) is 12.3. The fourth-order valence-electron chi connectivity index (χ4n) is 1.92. The molecule has 2 aromatic carbocycles. The third kappa shape index (κ3) is 3.76. The molecule has 0 saturated heterocycles. The number of esters is 1. The van der Waals surface area contributed by atoms with Crippen molar-refractivity contribution in [2.24, 2.45) is 0 Å². The number of methoxy groups -OCH3 is 2. The van der Waals surface area contributed by atoms with E-state index in [9.17, 15) is 4.79 Å². The average molecular weight is 297 g/mol. The van der Waals surface area contributed by atoms with Crippen molar-refractivity contribution in [3.8, 4) is 23.3 Å². The Bertz CT molecular complexity index is 702. The summed E-state index contributed by atoms with van der Waals surface area (Å²) in [5.41, 5.74) is 1.27. The fourth-order valence-corrected chi connectivity index (χ4v) is 1.92. The minimum absolute atomic E-state index is 0.111. The van der Waals surface area contributed by atoms with Gasteiger partial charge in [-0.1, -0.05) is 6.07 Å². The number of ether oxygens (including phenoxy) is 3. The Hall–Kier alpha value is -3.00. The smallest absolute Gasteiger partial charge is 0.315 e. The lowest BCUT2D eigenvalue weighted by atomic mass is 10.1. The molecule has 0 N–H and O–H groups in total. The van der Waals surface area contributed by atoms with Gasteiger partial charge in [-0.2, -0.15) is 5.26 Å². The van der Waals surface area contributed by atoms with Crippen molar-refractivity contribution < 1.29 is 19.0 Å². The van der Waals surface area contributed by atoms with Gasteiger partial charge in [-0.15, -0.1) is 0 Å². The van der Waals surface area contributed by atoms with Crippen LogP contribution in [-0.4, -0.2) is 20.2 Å². The van der Waals surface area contributed by atoms with E-state index in [1.54, 1.807) is 49.6 Å². The van der Waals surface area contributed by atoms with E-state index in [0.29, 0.717) is 22.8 Å². The van der Waals surface area contributed by atoms with Crippen LogP contribution in [0.3, 0.4) is 0 Å². The van der Waals surface area contributed by atoms with E-state index in [0.717, 1.165) is 5.56 Å². The van der Waals surface area contributed by atoms with Gasteiger partial charge >= 0.3 is 5.97 Å². The predicted octanol–water partition coefficient (Wildman–Crippen LogP) is 2.72. The largest absolute Gasteiger partial charge is 0.493 e. The molecule has 0 amide bonds. The highest BCUT2D eigenvalue weighted by Crippen LogP contribution is 2.27. The molecule has 0 heterocycles. The molecule has 0 spiro atoms. The van der Waals surface area contributed by atoms with E-state index in [1.165, 1.54) is 7.11 Å². The molecule has 0 atom stereocenters. The number of nitrogens with zero attached hydrogens (tertiary/aromatic N) is 1. The molecule has 0 fully saturated rings. The fraction of sp³-hybridized carbons (Fsp3) is 0.176. The molecule has 0 aliphatic heterocycles. The first kappa shape index (κ1) is 15.4. The van der Waals surface area contributed by atoms with Gasteiger partial charge < -0.3 is 14.2 Å². The second-order valence-electron chi connectivity index (χ2n) is 4.48. The standard InChI is InChI=1S/C17H15NO4/c1-20-15-8-5-13(9-16(15)21-2)10-17(19)22-14-6-3-12(11-18)4-7-14/h3-9H,10H2,1-2H3. The molecule has 0 aliphatic carbocycles. The summed E-state index contributed by atoms with van der Waals surface area (Å²) < 4.78 is 15.6. The van der Waals surface area contributed by atoms with Crippen molar-refractivity contribution in [1.29, 1.82) is 5.26 Å². The molecule has 0 aromatic heterocycles. The molecular formula is C17H15NO4. The number of hydrogen-bond donors (Lipinski definition) is 0. The highest BCUT2D eigenvalue weighted by atomic mass is 16.5. The summed E-state index contributed by atoms with van der Waals surface area (Å²) in [5, 5.41) is 8.72. The van der Waals surface area contributed by atoms with E-state index in [1.807, 2.05) is 6.07 Å². The van der Waals surface area contributed by atoms with Gasteiger partial charge in [-0.25, -0.2) is 0 Å². The maximum atomic E-state index is 11.9. The van der Waals surface area contributed by atoms with Crippen molar-refractivity contribution >= 4 is 5.97 Å². The predicted molar refractivity (Wildman–Crippen MR) is 80.0 cm³/mol. The molecule has 2 aromatic rings. The summed E-state index contributed by atoms with van der Waals surface area (Å²) in [5.74, 6) is 1.18. The lowest BCUT2D eigenvalue weighted by Crippen LogP contribution is -2.11. The van der Waals surface area contributed by atoms with Crippen molar-refractivity contribution in [3.63, 3.8) is 0 Å². The van der Waals surface area contributed by atoms with Crippen molar-refractivity contribution in [2.45, 2.75) is 6.42 Å². The Balaban J connectivity index is 2.03. The van der Waals surface area contributed by atoms with Gasteiger partial charge in [0.05, 0.1) is 32.3 Å². The average Bonchev–Trinajstić information content (AvgIpc) is 2.55. The number of carbonyl (C=O) groups excluding carboxylic acids is 1. The molecule has 5 nitrogen and oxygen atoms in total. The molecule has 0 saturated carbocycles. The zero-order chi connectivity index (χ0) is 15.9. The van der Waals surface area contributed by atoms with Crippen LogP contribution >= 0.6 is 0 Å². The Labute approximate surface area is 128 Å². The van der Waals surface area contributed by atoms with Crippen LogP contribution in [0.1, 0.15) is 11.1 Å². The first-order valence-corrected chi connectivity index (χ1v) is 6.58. The van der Waals surface area contributed by atoms with Crippen LogP contribution in [-0.2, 0) is 11.2 Å². The maximum Gasteiger partial charge on any atom is 0.315 e. The third-order valence-corrected chi connectivity index (χ3v) is 3.01. The van der Waals surface area contributed by atoms with Crippen LogP contribution in [0.4, 0.5) is 0 Å². The summed E-state index contributed by atoms with van der Waals surface area (Å²) in [6, 6.07) is 13.6. The Morgan fingerprint density at radius 3 is 2.32 bits per heavy atom. The molecule has 0 radical (unpaired) electrons. The number of rotatable bonds is 5. The SMILES string of the molecule is COc1ccc(CC(=O)Oc2ccc(C#N)cc2)cc1OC. The molecule has 0 bridgehead atoms. The van der Waals surface area contributed by atoms with Gasteiger partial charge in [0.2, 0.25) is 0 Å². The highest BCUT2D eigenvalue weighted by molar-refractivity contribution is 5.75. The van der Waals surface area contributed by atoms with E-state index in [-0.39, 0.29) is 6.42 Å². The van der Waals surface area contributed by atoms with Crippen molar-refractivity contribution in [1.82, 2.24) is 0 Å². The molecular weight excluding hydrogens is 282 g/mol. The van der Waals surface area contributed by atoms with Crippen LogP contribution in [0.25, 0.3) is 0 Å². The monoisotopic (exact) mass is 297 g/mol. The lowest BCUT2D eigenvalue weighted by molar-refractivity contribution is -0.133. The Kier molecular flexibility index (Phi) is 4.99. The molecule has 5 heteroatoms. The Morgan fingerprint density at radius 1 is 1.05 bits per heavy atom. The maximum absolute atomic E-state index is 11.9. The summed E-state index contributed by atoms with van der Waals surface area (Å²) in [6.07, 6.45) is 0.111. The zero-order valence-corrected chi connectivity index (χ0v) is 12.3.